The van der Waals surface area contributed by atoms with E-state index in [-0.39, 0.29) is 11.7 Å². The smallest absolute Gasteiger partial charge is 0.170 e. The summed E-state index contributed by atoms with van der Waals surface area (Å²) in [5.41, 5.74) is 2.02. The Morgan fingerprint density at radius 1 is 0.792 bits per heavy atom. The van der Waals surface area contributed by atoms with Crippen LogP contribution in [0, 0.1) is 5.92 Å². The van der Waals surface area contributed by atoms with Crippen molar-refractivity contribution in [2.24, 2.45) is 5.92 Å². The monoisotopic (exact) mass is 320 g/mol. The lowest BCUT2D eigenvalue weighted by Gasteiger charge is -2.25. The van der Waals surface area contributed by atoms with E-state index in [2.05, 4.69) is 24.3 Å². The highest BCUT2D eigenvalue weighted by atomic mass is 16.1. The number of hydrogen-bond acceptors (Lipinski definition) is 1. The molecule has 1 atom stereocenters. The molecule has 1 nitrogen and oxygen atoms in total. The number of ketones is 1. The van der Waals surface area contributed by atoms with E-state index >= 15 is 0 Å². The number of carbonyl (C=O) groups is 1. The van der Waals surface area contributed by atoms with E-state index in [0.717, 1.165) is 12.0 Å². The van der Waals surface area contributed by atoms with Crippen molar-refractivity contribution in [1.29, 1.82) is 0 Å². The molecule has 1 heteroatoms. The van der Waals surface area contributed by atoms with Crippen molar-refractivity contribution in [1.82, 2.24) is 0 Å². The van der Waals surface area contributed by atoms with Crippen LogP contribution >= 0.6 is 0 Å². The molecule has 2 aromatic carbocycles. The zero-order chi connectivity index (χ0) is 16.6. The largest absolute Gasteiger partial charge is 0.293 e. The van der Waals surface area contributed by atoms with Gasteiger partial charge in [-0.05, 0) is 17.9 Å². The molecule has 0 amide bonds. The molecule has 2 aromatic rings. The number of hydrogen-bond donors (Lipinski definition) is 0. The first-order chi connectivity index (χ1) is 11.8. The fourth-order valence-electron chi connectivity index (χ4n) is 3.99. The average Bonchev–Trinajstić information content (AvgIpc) is 2.62. The third-order valence-corrected chi connectivity index (χ3v) is 5.37. The topological polar surface area (TPSA) is 17.1 Å². The van der Waals surface area contributed by atoms with Crippen LogP contribution in [0.15, 0.2) is 60.7 Å². The van der Waals surface area contributed by atoms with Crippen LogP contribution in [0.1, 0.15) is 73.2 Å². The Balaban J connectivity index is 1.81. The van der Waals surface area contributed by atoms with E-state index in [9.17, 15) is 4.79 Å². The van der Waals surface area contributed by atoms with Gasteiger partial charge in [0.05, 0.1) is 0 Å². The van der Waals surface area contributed by atoms with Gasteiger partial charge in [-0.25, -0.2) is 0 Å². The zero-order valence-electron chi connectivity index (χ0n) is 14.5. The molecule has 0 radical (unpaired) electrons. The predicted molar refractivity (Wildman–Crippen MR) is 100 cm³/mol. The maximum absolute atomic E-state index is 13.2. The van der Waals surface area contributed by atoms with E-state index in [0.29, 0.717) is 5.92 Å². The summed E-state index contributed by atoms with van der Waals surface area (Å²) < 4.78 is 0. The summed E-state index contributed by atoms with van der Waals surface area (Å²) in [6.07, 6.45) is 10.3. The molecular formula is C23H28O. The van der Waals surface area contributed by atoms with Gasteiger partial charge in [0.1, 0.15) is 0 Å². The standard InChI is InChI=1S/C23H28O/c24-23(21-16-10-5-11-17-21)22(20-14-8-4-9-15-20)18-19-12-6-2-1-3-7-13-19/h4-5,8-11,14-17,19,22H,1-3,6-7,12-13,18H2. The molecular weight excluding hydrogens is 292 g/mol. The normalized spacial score (nSPS) is 17.7. The lowest BCUT2D eigenvalue weighted by Crippen LogP contribution is -2.18. The summed E-state index contributed by atoms with van der Waals surface area (Å²) in [5, 5.41) is 0. The molecule has 126 valence electrons. The van der Waals surface area contributed by atoms with Crippen molar-refractivity contribution in [3.05, 3.63) is 71.8 Å². The molecule has 3 rings (SSSR count). The molecule has 0 N–H and O–H groups in total. The molecule has 0 saturated heterocycles. The van der Waals surface area contributed by atoms with Gasteiger partial charge >= 0.3 is 0 Å². The second-order valence-electron chi connectivity index (χ2n) is 7.14. The Kier molecular flexibility index (Phi) is 6.23. The van der Waals surface area contributed by atoms with Crippen molar-refractivity contribution in [3.8, 4) is 0 Å². The van der Waals surface area contributed by atoms with Crippen molar-refractivity contribution in [2.75, 3.05) is 0 Å². The second kappa shape index (κ2) is 8.82. The van der Waals surface area contributed by atoms with Gasteiger partial charge in [-0.1, -0.05) is 106 Å². The van der Waals surface area contributed by atoms with E-state index in [1.54, 1.807) is 0 Å². The quantitative estimate of drug-likeness (QED) is 0.582. The van der Waals surface area contributed by atoms with Crippen LogP contribution in [-0.2, 0) is 0 Å². The molecule has 1 fully saturated rings. The minimum atomic E-state index is -0.00183. The first-order valence-corrected chi connectivity index (χ1v) is 9.49. The van der Waals surface area contributed by atoms with Crippen LogP contribution in [0.3, 0.4) is 0 Å². The predicted octanol–water partition coefficient (Wildman–Crippen LogP) is 6.40. The lowest BCUT2D eigenvalue weighted by atomic mass is 9.79. The van der Waals surface area contributed by atoms with Crippen molar-refractivity contribution >= 4 is 5.78 Å². The van der Waals surface area contributed by atoms with E-state index in [4.69, 9.17) is 0 Å². The molecule has 1 aliphatic rings. The van der Waals surface area contributed by atoms with Crippen LogP contribution in [0.2, 0.25) is 0 Å². The van der Waals surface area contributed by atoms with Gasteiger partial charge < -0.3 is 0 Å². The number of benzene rings is 2. The molecule has 0 aliphatic heterocycles. The maximum atomic E-state index is 13.2. The van der Waals surface area contributed by atoms with Gasteiger partial charge in [0.2, 0.25) is 0 Å². The summed E-state index contributed by atoms with van der Waals surface area (Å²) in [6.45, 7) is 0. The fraction of sp³-hybridized carbons (Fsp3) is 0.435. The third-order valence-electron chi connectivity index (χ3n) is 5.37. The second-order valence-corrected chi connectivity index (χ2v) is 7.14. The van der Waals surface area contributed by atoms with Gasteiger partial charge in [-0.2, -0.15) is 0 Å². The molecule has 0 aromatic heterocycles. The van der Waals surface area contributed by atoms with Gasteiger partial charge in [-0.15, -0.1) is 0 Å². The highest BCUT2D eigenvalue weighted by Gasteiger charge is 2.25. The van der Waals surface area contributed by atoms with E-state index in [1.807, 2.05) is 36.4 Å². The van der Waals surface area contributed by atoms with Crippen LogP contribution in [0.25, 0.3) is 0 Å². The van der Waals surface area contributed by atoms with Gasteiger partial charge in [0.25, 0.3) is 0 Å². The zero-order valence-corrected chi connectivity index (χ0v) is 14.5. The minimum Gasteiger partial charge on any atom is -0.293 e. The van der Waals surface area contributed by atoms with Crippen LogP contribution < -0.4 is 0 Å². The van der Waals surface area contributed by atoms with Crippen LogP contribution in [-0.4, -0.2) is 5.78 Å². The Labute approximate surface area is 146 Å². The summed E-state index contributed by atoms with van der Waals surface area (Å²) in [7, 11) is 0. The van der Waals surface area contributed by atoms with Crippen molar-refractivity contribution < 1.29 is 4.79 Å². The first kappa shape index (κ1) is 17.0. The summed E-state index contributed by atoms with van der Waals surface area (Å²) in [5.74, 6) is 0.963. The summed E-state index contributed by atoms with van der Waals surface area (Å²) in [6, 6.07) is 20.2. The van der Waals surface area contributed by atoms with Gasteiger partial charge in [0, 0.05) is 11.5 Å². The first-order valence-electron chi connectivity index (χ1n) is 9.49. The molecule has 0 spiro atoms. The van der Waals surface area contributed by atoms with Crippen molar-refractivity contribution in [2.45, 2.75) is 57.3 Å². The molecule has 1 aliphatic carbocycles. The Morgan fingerprint density at radius 3 is 1.96 bits per heavy atom. The Hall–Kier alpha value is -1.89. The highest BCUT2D eigenvalue weighted by Crippen LogP contribution is 2.33. The summed E-state index contributed by atoms with van der Waals surface area (Å²) in [4.78, 5) is 13.2. The average molecular weight is 320 g/mol. The summed E-state index contributed by atoms with van der Waals surface area (Å²) >= 11 is 0. The molecule has 24 heavy (non-hydrogen) atoms. The molecule has 1 unspecified atom stereocenters. The minimum absolute atomic E-state index is 0.00183. The molecule has 1 saturated carbocycles. The Morgan fingerprint density at radius 2 is 1.33 bits per heavy atom. The van der Waals surface area contributed by atoms with Crippen molar-refractivity contribution in [3.63, 3.8) is 0 Å². The maximum Gasteiger partial charge on any atom is 0.170 e. The van der Waals surface area contributed by atoms with E-state index in [1.165, 1.54) is 50.5 Å². The highest BCUT2D eigenvalue weighted by molar-refractivity contribution is 6.00. The lowest BCUT2D eigenvalue weighted by molar-refractivity contribution is 0.0943. The Bertz CT molecular complexity index is 609. The number of carbonyl (C=O) groups excluding carboxylic acids is 1. The van der Waals surface area contributed by atoms with Gasteiger partial charge in [0.15, 0.2) is 5.78 Å². The van der Waals surface area contributed by atoms with Gasteiger partial charge in [-0.3, -0.25) is 4.79 Å². The SMILES string of the molecule is O=C(c1ccccc1)C(CC1CCCCCCC1)c1ccccc1. The van der Waals surface area contributed by atoms with E-state index < -0.39 is 0 Å². The van der Waals surface area contributed by atoms with Crippen LogP contribution in [0.5, 0.6) is 0 Å². The number of Topliss-reactive ketones (excluding diaryl/α,β-unsaturated/α-hetero) is 1. The fourth-order valence-corrected chi connectivity index (χ4v) is 3.99. The van der Waals surface area contributed by atoms with Crippen LogP contribution in [0.4, 0.5) is 0 Å². The third kappa shape index (κ3) is 4.56. The molecule has 0 bridgehead atoms. The molecule has 0 heterocycles. The number of rotatable bonds is 5.